The van der Waals surface area contributed by atoms with Crippen molar-refractivity contribution in [2.24, 2.45) is 0 Å². The molecule has 5 heteroatoms. The van der Waals surface area contributed by atoms with Gasteiger partial charge in [-0.2, -0.15) is 0 Å². The van der Waals surface area contributed by atoms with E-state index in [0.717, 1.165) is 24.7 Å². The molecule has 0 atom stereocenters. The topological polar surface area (TPSA) is 40.5 Å². The Morgan fingerprint density at radius 2 is 0.846 bits per heavy atom. The molecule has 5 aromatic carbocycles. The molecule has 0 bridgehead atoms. The van der Waals surface area contributed by atoms with Gasteiger partial charge < -0.3 is 5.11 Å². The van der Waals surface area contributed by atoms with Gasteiger partial charge in [0, 0.05) is 19.1 Å². The second-order valence-electron chi connectivity index (χ2n) is 9.31. The number of nitrogens with zero attached hydrogens (tertiary/aromatic N) is 1. The molecule has 0 saturated carbocycles. The van der Waals surface area contributed by atoms with Crippen LogP contribution in [0.1, 0.15) is 15.9 Å². The second-order valence-corrected chi connectivity index (χ2v) is 13.7. The maximum atomic E-state index is 11.4. The van der Waals surface area contributed by atoms with Gasteiger partial charge in [0.1, 0.15) is 0 Å². The lowest BCUT2D eigenvalue weighted by Crippen LogP contribution is -2.31. The van der Waals surface area contributed by atoms with Crippen LogP contribution in [0.5, 0.6) is 0 Å². The minimum atomic E-state index is -0.897. The number of carbonyl (C=O) groups is 1. The number of aromatic carboxylic acids is 1. The van der Waals surface area contributed by atoms with E-state index in [2.05, 4.69) is 126 Å². The Hall–Kier alpha value is -3.61. The summed E-state index contributed by atoms with van der Waals surface area (Å²) in [7, 11) is -1.26. The van der Waals surface area contributed by atoms with E-state index in [-0.39, 0.29) is 0 Å². The van der Waals surface area contributed by atoms with Crippen LogP contribution in [-0.4, -0.2) is 28.5 Å². The van der Waals surface area contributed by atoms with Crippen LogP contribution in [0.15, 0.2) is 146 Å². The Labute approximate surface area is 233 Å². The molecule has 1 N–H and O–H groups in total. The zero-order valence-electron chi connectivity index (χ0n) is 21.7. The molecule has 0 amide bonds. The number of rotatable bonds is 11. The fourth-order valence-corrected chi connectivity index (χ4v) is 9.35. The minimum absolute atomic E-state index is 0.317. The molecule has 0 aromatic heterocycles. The first-order valence-electron chi connectivity index (χ1n) is 13.0. The lowest BCUT2D eigenvalue weighted by atomic mass is 10.1. The Bertz CT molecular complexity index is 1280. The van der Waals surface area contributed by atoms with E-state index in [0.29, 0.717) is 5.56 Å². The molecular weight excluding hydrogens is 516 g/mol. The van der Waals surface area contributed by atoms with Crippen LogP contribution < -0.4 is 21.2 Å². The number of hydrogen-bond donors (Lipinski definition) is 1. The van der Waals surface area contributed by atoms with Crippen molar-refractivity contribution in [1.82, 2.24) is 4.90 Å². The van der Waals surface area contributed by atoms with E-state index in [9.17, 15) is 9.90 Å². The van der Waals surface area contributed by atoms with Crippen LogP contribution in [0.4, 0.5) is 0 Å². The van der Waals surface area contributed by atoms with E-state index >= 15 is 0 Å². The van der Waals surface area contributed by atoms with Gasteiger partial charge in [0.05, 0.1) is 5.56 Å². The second kappa shape index (κ2) is 13.5. The van der Waals surface area contributed by atoms with Gasteiger partial charge in [0.15, 0.2) is 0 Å². The molecule has 0 aliphatic carbocycles. The number of carboxylic acids is 1. The van der Waals surface area contributed by atoms with Crippen LogP contribution in [-0.2, 0) is 6.54 Å². The standard InChI is InChI=1S/C34H31NO2P2/c36-34(37)29-23-21-28(22-24-29)25-35(26-38(30-13-5-1-6-14-30)31-15-7-2-8-16-31)27-39(32-17-9-3-10-18-32)33-19-11-4-12-20-33/h1-24H,25-27H2,(H,36,37). The highest BCUT2D eigenvalue weighted by atomic mass is 31.1. The Morgan fingerprint density at radius 3 is 1.15 bits per heavy atom. The van der Waals surface area contributed by atoms with Crippen LogP contribution in [0.25, 0.3) is 0 Å². The van der Waals surface area contributed by atoms with Crippen molar-refractivity contribution in [3.8, 4) is 0 Å². The SMILES string of the molecule is O=C(O)c1ccc(CN(CP(c2ccccc2)c2ccccc2)CP(c2ccccc2)c2ccccc2)cc1. The van der Waals surface area contributed by atoms with Crippen molar-refractivity contribution in [2.45, 2.75) is 6.54 Å². The third-order valence-corrected chi connectivity index (χ3v) is 11.6. The third-order valence-electron chi connectivity index (χ3n) is 6.56. The summed E-state index contributed by atoms with van der Waals surface area (Å²) in [6.45, 7) is 0.747. The van der Waals surface area contributed by atoms with Crippen LogP contribution in [0, 0.1) is 0 Å². The molecule has 0 aliphatic heterocycles. The monoisotopic (exact) mass is 547 g/mol. The molecule has 5 aromatic rings. The molecule has 0 saturated heterocycles. The molecule has 0 heterocycles. The van der Waals surface area contributed by atoms with Gasteiger partial charge >= 0.3 is 5.97 Å². The van der Waals surface area contributed by atoms with Crippen molar-refractivity contribution in [2.75, 3.05) is 12.6 Å². The van der Waals surface area contributed by atoms with E-state index in [1.54, 1.807) is 12.1 Å². The van der Waals surface area contributed by atoms with Gasteiger partial charge in [-0.05, 0) is 54.8 Å². The van der Waals surface area contributed by atoms with Gasteiger partial charge in [-0.15, -0.1) is 0 Å². The van der Waals surface area contributed by atoms with Crippen LogP contribution >= 0.6 is 15.8 Å². The molecule has 3 nitrogen and oxygen atoms in total. The molecule has 0 radical (unpaired) electrons. The van der Waals surface area contributed by atoms with Gasteiger partial charge in [0.2, 0.25) is 0 Å². The Kier molecular flexibility index (Phi) is 9.30. The maximum absolute atomic E-state index is 11.4. The zero-order valence-corrected chi connectivity index (χ0v) is 23.5. The Morgan fingerprint density at radius 1 is 0.513 bits per heavy atom. The molecule has 0 fully saturated rings. The lowest BCUT2D eigenvalue weighted by molar-refractivity contribution is 0.0697. The average molecular weight is 548 g/mol. The maximum Gasteiger partial charge on any atom is 0.335 e. The summed E-state index contributed by atoms with van der Waals surface area (Å²) in [5.74, 6) is -0.897. The molecule has 0 spiro atoms. The predicted molar refractivity (Wildman–Crippen MR) is 167 cm³/mol. The highest BCUT2D eigenvalue weighted by molar-refractivity contribution is 7.73. The molecule has 39 heavy (non-hydrogen) atoms. The zero-order chi connectivity index (χ0) is 26.9. The summed E-state index contributed by atoms with van der Waals surface area (Å²) < 4.78 is 0. The van der Waals surface area contributed by atoms with Crippen molar-refractivity contribution in [3.63, 3.8) is 0 Å². The van der Waals surface area contributed by atoms with Crippen LogP contribution in [0.3, 0.4) is 0 Å². The van der Waals surface area contributed by atoms with E-state index in [1.165, 1.54) is 21.2 Å². The van der Waals surface area contributed by atoms with E-state index < -0.39 is 21.8 Å². The summed E-state index contributed by atoms with van der Waals surface area (Å²) in [5, 5.41) is 14.8. The summed E-state index contributed by atoms with van der Waals surface area (Å²) >= 11 is 0. The van der Waals surface area contributed by atoms with Crippen molar-refractivity contribution in [1.29, 1.82) is 0 Å². The summed E-state index contributed by atoms with van der Waals surface area (Å²) in [4.78, 5) is 14.0. The van der Waals surface area contributed by atoms with E-state index in [4.69, 9.17) is 0 Å². The van der Waals surface area contributed by atoms with Gasteiger partial charge in [-0.25, -0.2) is 4.79 Å². The molecular formula is C34H31NO2P2. The van der Waals surface area contributed by atoms with E-state index in [1.807, 2.05) is 12.1 Å². The molecule has 5 rings (SSSR count). The number of carboxylic acid groups (broad SMARTS) is 1. The first kappa shape index (κ1) is 27.0. The highest BCUT2D eigenvalue weighted by Crippen LogP contribution is 2.40. The summed E-state index contributed by atoms with van der Waals surface area (Å²) in [6, 6.07) is 50.6. The molecule has 0 unspecified atom stereocenters. The van der Waals surface area contributed by atoms with Gasteiger partial charge in [-0.3, -0.25) is 4.90 Å². The molecule has 0 aliphatic rings. The smallest absolute Gasteiger partial charge is 0.335 e. The predicted octanol–water partition coefficient (Wildman–Crippen LogP) is 6.37. The normalized spacial score (nSPS) is 11.3. The largest absolute Gasteiger partial charge is 0.478 e. The molecule has 194 valence electrons. The third kappa shape index (κ3) is 7.28. The van der Waals surface area contributed by atoms with Crippen molar-refractivity contribution < 1.29 is 9.90 Å². The summed E-state index contributed by atoms with van der Waals surface area (Å²) in [5.41, 5.74) is 1.43. The fourth-order valence-electron chi connectivity index (χ4n) is 4.61. The number of hydrogen-bond acceptors (Lipinski definition) is 2. The number of benzene rings is 5. The first-order valence-corrected chi connectivity index (χ1v) is 16.0. The highest BCUT2D eigenvalue weighted by Gasteiger charge is 2.23. The average Bonchev–Trinajstić information content (AvgIpc) is 3.00. The van der Waals surface area contributed by atoms with Gasteiger partial charge in [-0.1, -0.05) is 133 Å². The fraction of sp³-hybridized carbons (Fsp3) is 0.0882. The quantitative estimate of drug-likeness (QED) is 0.196. The minimum Gasteiger partial charge on any atom is -0.478 e. The summed E-state index contributed by atoms with van der Waals surface area (Å²) in [6.07, 6.45) is 1.81. The Balaban J connectivity index is 1.52. The van der Waals surface area contributed by atoms with Crippen molar-refractivity contribution >= 4 is 43.0 Å². The van der Waals surface area contributed by atoms with Crippen LogP contribution in [0.2, 0.25) is 0 Å². The van der Waals surface area contributed by atoms with Crippen molar-refractivity contribution in [3.05, 3.63) is 157 Å². The van der Waals surface area contributed by atoms with Gasteiger partial charge in [0.25, 0.3) is 0 Å². The lowest BCUT2D eigenvalue weighted by Gasteiger charge is -2.32. The first-order chi connectivity index (χ1) is 19.2.